The Morgan fingerprint density at radius 2 is 1.44 bits per heavy atom. The minimum absolute atomic E-state index is 0.220. The molecule has 0 saturated carbocycles. The summed E-state index contributed by atoms with van der Waals surface area (Å²) in [5, 5.41) is -0.261. The smallest absolute Gasteiger partial charge is 0.163 e. The van der Waals surface area contributed by atoms with Crippen molar-refractivity contribution in [3.8, 4) is 0 Å². The van der Waals surface area contributed by atoms with Crippen LogP contribution in [0.5, 0.6) is 0 Å². The van der Waals surface area contributed by atoms with Gasteiger partial charge < -0.3 is 0 Å². The Hall–Kier alpha value is -1.16. The van der Waals surface area contributed by atoms with Crippen molar-refractivity contribution in [3.05, 3.63) is 35.4 Å². The molecule has 0 spiro atoms. The minimum atomic E-state index is -2.88. The summed E-state index contributed by atoms with van der Waals surface area (Å²) in [6.45, 7) is 7.61. The molecule has 0 aliphatic carbocycles. The van der Waals surface area contributed by atoms with E-state index < -0.39 is 9.84 Å². The standard InChI is InChI=1S/C21H34O3S/c1-17(2)16-21(22)20-13-11-19(12-14-20)10-8-6-5-7-9-15-25(23,24)18(3)4/h11-14,17-18H,5-10,15-16H2,1-4H3. The highest BCUT2D eigenvalue weighted by atomic mass is 32.2. The van der Waals surface area contributed by atoms with E-state index >= 15 is 0 Å². The first-order valence-electron chi connectivity index (χ1n) is 9.56. The van der Waals surface area contributed by atoms with Crippen molar-refractivity contribution in [2.24, 2.45) is 5.92 Å². The Bertz CT molecular complexity index is 613. The normalized spacial score (nSPS) is 12.1. The fourth-order valence-electron chi connectivity index (χ4n) is 2.74. The molecule has 0 amide bonds. The van der Waals surface area contributed by atoms with Gasteiger partial charge in [0.1, 0.15) is 0 Å². The van der Waals surface area contributed by atoms with Crippen LogP contribution >= 0.6 is 0 Å². The second-order valence-corrected chi connectivity index (χ2v) is 10.3. The minimum Gasteiger partial charge on any atom is -0.294 e. The molecule has 0 unspecified atom stereocenters. The maximum absolute atomic E-state index is 12.0. The predicted octanol–water partition coefficient (Wildman–Crippen LogP) is 5.23. The fraction of sp³-hybridized carbons (Fsp3) is 0.667. The van der Waals surface area contributed by atoms with Gasteiger partial charge >= 0.3 is 0 Å². The predicted molar refractivity (Wildman–Crippen MR) is 106 cm³/mol. The Kier molecular flexibility index (Phi) is 9.41. The Morgan fingerprint density at radius 1 is 0.880 bits per heavy atom. The van der Waals surface area contributed by atoms with E-state index in [0.717, 1.165) is 44.1 Å². The van der Waals surface area contributed by atoms with Gasteiger partial charge in [-0.25, -0.2) is 8.42 Å². The second-order valence-electron chi connectivity index (χ2n) is 7.65. The van der Waals surface area contributed by atoms with Gasteiger partial charge in [0.25, 0.3) is 0 Å². The third-order valence-corrected chi connectivity index (χ3v) is 6.78. The third-order valence-electron chi connectivity index (χ3n) is 4.48. The van der Waals surface area contributed by atoms with Crippen molar-refractivity contribution < 1.29 is 13.2 Å². The Balaban J connectivity index is 2.21. The van der Waals surface area contributed by atoms with Gasteiger partial charge in [0.2, 0.25) is 0 Å². The number of ketones is 1. The van der Waals surface area contributed by atoms with Crippen LogP contribution in [-0.4, -0.2) is 25.2 Å². The van der Waals surface area contributed by atoms with Gasteiger partial charge in [-0.15, -0.1) is 0 Å². The van der Waals surface area contributed by atoms with E-state index in [0.29, 0.717) is 18.1 Å². The molecular formula is C21H34O3S. The fourth-order valence-corrected chi connectivity index (χ4v) is 3.82. The van der Waals surface area contributed by atoms with E-state index in [9.17, 15) is 13.2 Å². The van der Waals surface area contributed by atoms with Gasteiger partial charge in [0.15, 0.2) is 15.6 Å². The SMILES string of the molecule is CC(C)CC(=O)c1ccc(CCCCCCCS(=O)(=O)C(C)C)cc1. The lowest BCUT2D eigenvalue weighted by Gasteiger charge is -2.07. The highest BCUT2D eigenvalue weighted by Crippen LogP contribution is 2.14. The van der Waals surface area contributed by atoms with Crippen molar-refractivity contribution in [1.29, 1.82) is 0 Å². The lowest BCUT2D eigenvalue weighted by Crippen LogP contribution is -2.17. The lowest BCUT2D eigenvalue weighted by atomic mass is 9.99. The zero-order valence-corrected chi connectivity index (χ0v) is 17.1. The average Bonchev–Trinajstić information content (AvgIpc) is 2.53. The van der Waals surface area contributed by atoms with Crippen LogP contribution in [0, 0.1) is 5.92 Å². The summed E-state index contributed by atoms with van der Waals surface area (Å²) >= 11 is 0. The summed E-state index contributed by atoms with van der Waals surface area (Å²) in [4.78, 5) is 12.0. The van der Waals surface area contributed by atoms with Crippen molar-refractivity contribution >= 4 is 15.6 Å². The molecule has 1 aromatic rings. The molecule has 0 aromatic heterocycles. The number of rotatable bonds is 12. The molecule has 0 N–H and O–H groups in total. The molecule has 0 aliphatic rings. The van der Waals surface area contributed by atoms with Gasteiger partial charge in [-0.1, -0.05) is 57.4 Å². The largest absolute Gasteiger partial charge is 0.294 e. The first kappa shape index (κ1) is 21.9. The van der Waals surface area contributed by atoms with E-state index in [1.807, 2.05) is 12.1 Å². The van der Waals surface area contributed by atoms with Crippen LogP contribution in [0.15, 0.2) is 24.3 Å². The summed E-state index contributed by atoms with van der Waals surface area (Å²) in [6, 6.07) is 8.00. The molecule has 0 radical (unpaired) electrons. The molecule has 1 rings (SSSR count). The molecule has 0 atom stereocenters. The molecule has 0 bridgehead atoms. The van der Waals surface area contributed by atoms with Crippen LogP contribution in [0.25, 0.3) is 0 Å². The number of hydrogen-bond acceptors (Lipinski definition) is 3. The number of aryl methyl sites for hydroxylation is 1. The number of Topliss-reactive ketones (excluding diaryl/α,β-unsaturated/α-hetero) is 1. The summed E-state index contributed by atoms with van der Waals surface area (Å²) < 4.78 is 23.4. The molecule has 25 heavy (non-hydrogen) atoms. The maximum atomic E-state index is 12.0. The van der Waals surface area contributed by atoms with Crippen LogP contribution in [0.2, 0.25) is 0 Å². The van der Waals surface area contributed by atoms with Crippen molar-refractivity contribution in [2.45, 2.75) is 77.9 Å². The first-order valence-corrected chi connectivity index (χ1v) is 11.3. The zero-order chi connectivity index (χ0) is 18.9. The summed E-state index contributed by atoms with van der Waals surface area (Å²) in [6.07, 6.45) is 6.68. The quantitative estimate of drug-likeness (QED) is 0.376. The van der Waals surface area contributed by atoms with Crippen LogP contribution < -0.4 is 0 Å². The molecule has 0 saturated heterocycles. The zero-order valence-electron chi connectivity index (χ0n) is 16.3. The first-order chi connectivity index (χ1) is 11.7. The highest BCUT2D eigenvalue weighted by Gasteiger charge is 2.14. The van der Waals surface area contributed by atoms with E-state index in [1.165, 1.54) is 5.56 Å². The van der Waals surface area contributed by atoms with E-state index in [-0.39, 0.29) is 11.0 Å². The molecule has 1 aromatic carbocycles. The molecule has 142 valence electrons. The molecular weight excluding hydrogens is 332 g/mol. The van der Waals surface area contributed by atoms with Crippen LogP contribution in [0.4, 0.5) is 0 Å². The van der Waals surface area contributed by atoms with E-state index in [2.05, 4.69) is 26.0 Å². The maximum Gasteiger partial charge on any atom is 0.163 e. The Morgan fingerprint density at radius 3 is 2.00 bits per heavy atom. The number of carbonyl (C=O) groups is 1. The van der Waals surface area contributed by atoms with Crippen molar-refractivity contribution in [1.82, 2.24) is 0 Å². The molecule has 0 heterocycles. The monoisotopic (exact) mass is 366 g/mol. The number of unbranched alkanes of at least 4 members (excludes halogenated alkanes) is 4. The van der Waals surface area contributed by atoms with Crippen LogP contribution in [0.3, 0.4) is 0 Å². The van der Waals surface area contributed by atoms with Gasteiger partial charge in [0, 0.05) is 12.0 Å². The average molecular weight is 367 g/mol. The molecule has 4 heteroatoms. The Labute approximate surface area is 154 Å². The number of benzene rings is 1. The molecule has 0 aliphatic heterocycles. The van der Waals surface area contributed by atoms with Crippen LogP contribution in [-0.2, 0) is 16.3 Å². The van der Waals surface area contributed by atoms with Crippen molar-refractivity contribution in [2.75, 3.05) is 5.75 Å². The van der Waals surface area contributed by atoms with Gasteiger partial charge in [0.05, 0.1) is 11.0 Å². The molecule has 3 nitrogen and oxygen atoms in total. The summed E-state index contributed by atoms with van der Waals surface area (Å²) in [5.41, 5.74) is 2.08. The summed E-state index contributed by atoms with van der Waals surface area (Å²) in [5.74, 6) is 0.928. The van der Waals surface area contributed by atoms with Gasteiger partial charge in [-0.2, -0.15) is 0 Å². The topological polar surface area (TPSA) is 51.2 Å². The number of sulfone groups is 1. The highest BCUT2D eigenvalue weighted by molar-refractivity contribution is 7.91. The van der Waals surface area contributed by atoms with Crippen molar-refractivity contribution in [3.63, 3.8) is 0 Å². The number of carbonyl (C=O) groups excluding carboxylic acids is 1. The molecule has 0 fully saturated rings. The third kappa shape index (κ3) is 8.66. The van der Waals surface area contributed by atoms with E-state index in [1.54, 1.807) is 13.8 Å². The lowest BCUT2D eigenvalue weighted by molar-refractivity contribution is 0.0968. The second kappa shape index (κ2) is 10.7. The van der Waals surface area contributed by atoms with Gasteiger partial charge in [-0.05, 0) is 44.6 Å². The summed E-state index contributed by atoms with van der Waals surface area (Å²) in [7, 11) is -2.88. The van der Waals surface area contributed by atoms with E-state index in [4.69, 9.17) is 0 Å². The number of hydrogen-bond donors (Lipinski definition) is 0. The van der Waals surface area contributed by atoms with Crippen LogP contribution in [0.1, 0.15) is 82.1 Å². The van der Waals surface area contributed by atoms with Gasteiger partial charge in [-0.3, -0.25) is 4.79 Å².